The van der Waals surface area contributed by atoms with Crippen LogP contribution in [0.25, 0.3) is 16.2 Å². The maximum Gasteiger partial charge on any atom is 0.241 e. The van der Waals surface area contributed by atoms with E-state index in [0.29, 0.717) is 5.95 Å². The summed E-state index contributed by atoms with van der Waals surface area (Å²) in [7, 11) is 0. The van der Waals surface area contributed by atoms with Crippen molar-refractivity contribution in [2.45, 2.75) is 6.92 Å². The van der Waals surface area contributed by atoms with Crippen molar-refractivity contribution in [3.63, 3.8) is 0 Å². The number of anilines is 1. The van der Waals surface area contributed by atoms with E-state index in [2.05, 4.69) is 39.0 Å². The maximum absolute atomic E-state index is 5.62. The van der Waals surface area contributed by atoms with Gasteiger partial charge in [0.05, 0.1) is 5.69 Å². The van der Waals surface area contributed by atoms with Gasteiger partial charge in [-0.15, -0.1) is 5.10 Å². The third-order valence-electron chi connectivity index (χ3n) is 2.51. The Labute approximate surface area is 110 Å². The highest BCUT2D eigenvalue weighted by molar-refractivity contribution is 9.10. The van der Waals surface area contributed by atoms with E-state index in [4.69, 9.17) is 5.73 Å². The lowest BCUT2D eigenvalue weighted by molar-refractivity contribution is 0.987. The second-order valence-electron chi connectivity index (χ2n) is 3.65. The van der Waals surface area contributed by atoms with E-state index in [1.54, 1.807) is 15.9 Å². The number of rotatable bonds is 1. The van der Waals surface area contributed by atoms with Crippen molar-refractivity contribution >= 4 is 38.2 Å². The van der Waals surface area contributed by atoms with Gasteiger partial charge in [0.1, 0.15) is 0 Å². The van der Waals surface area contributed by atoms with E-state index in [-0.39, 0.29) is 0 Å². The minimum Gasteiger partial charge on any atom is -0.366 e. The van der Waals surface area contributed by atoms with Crippen LogP contribution in [0.5, 0.6) is 0 Å². The average molecular weight is 309 g/mol. The van der Waals surface area contributed by atoms with Gasteiger partial charge in [-0.3, -0.25) is 0 Å². The fourth-order valence-electron chi connectivity index (χ4n) is 1.82. The van der Waals surface area contributed by atoms with E-state index in [0.717, 1.165) is 20.7 Å². The van der Waals surface area contributed by atoms with Crippen LogP contribution in [0.15, 0.2) is 28.7 Å². The molecule has 2 N–H and O–H groups in total. The Hall–Kier alpha value is -1.40. The van der Waals surface area contributed by atoms with Crippen LogP contribution in [0.1, 0.15) is 4.88 Å². The molecule has 0 saturated carbocycles. The third-order valence-corrected chi connectivity index (χ3v) is 4.15. The molecule has 6 heteroatoms. The number of aromatic nitrogens is 3. The average Bonchev–Trinajstić information content (AvgIpc) is 2.75. The summed E-state index contributed by atoms with van der Waals surface area (Å²) >= 11 is 5.15. The van der Waals surface area contributed by atoms with E-state index in [1.165, 1.54) is 4.88 Å². The molecule has 2 heterocycles. The quantitative estimate of drug-likeness (QED) is 0.751. The lowest BCUT2D eigenvalue weighted by atomic mass is 10.1. The van der Waals surface area contributed by atoms with E-state index in [1.807, 2.05) is 18.2 Å². The summed E-state index contributed by atoms with van der Waals surface area (Å²) < 4.78 is 2.84. The predicted octanol–water partition coefficient (Wildman–Crippen LogP) is 3.11. The zero-order valence-corrected chi connectivity index (χ0v) is 11.4. The summed E-state index contributed by atoms with van der Waals surface area (Å²) in [6, 6.07) is 8.06. The van der Waals surface area contributed by atoms with Crippen LogP contribution in [-0.2, 0) is 0 Å². The van der Waals surface area contributed by atoms with Gasteiger partial charge in [-0.2, -0.15) is 4.98 Å². The van der Waals surface area contributed by atoms with Crippen LogP contribution in [0.3, 0.4) is 0 Å². The Kier molecular flexibility index (Phi) is 2.41. The number of halogens is 1. The largest absolute Gasteiger partial charge is 0.366 e. The number of aryl methyl sites for hydroxylation is 1. The van der Waals surface area contributed by atoms with Crippen LogP contribution in [0, 0.1) is 6.92 Å². The molecule has 0 amide bonds. The van der Waals surface area contributed by atoms with Crippen molar-refractivity contribution in [2.75, 3.05) is 5.73 Å². The van der Waals surface area contributed by atoms with E-state index >= 15 is 0 Å². The van der Waals surface area contributed by atoms with Crippen LogP contribution < -0.4 is 5.73 Å². The molecule has 4 nitrogen and oxygen atoms in total. The van der Waals surface area contributed by atoms with E-state index < -0.39 is 0 Å². The second kappa shape index (κ2) is 3.82. The molecule has 0 aliphatic rings. The fourth-order valence-corrected chi connectivity index (χ4v) is 3.21. The molecule has 1 aromatic carbocycles. The van der Waals surface area contributed by atoms with Crippen LogP contribution in [-0.4, -0.2) is 14.6 Å². The van der Waals surface area contributed by atoms with Crippen LogP contribution in [0.2, 0.25) is 0 Å². The van der Waals surface area contributed by atoms with Crippen molar-refractivity contribution in [1.29, 1.82) is 0 Å². The van der Waals surface area contributed by atoms with Gasteiger partial charge in [0.2, 0.25) is 10.9 Å². The topological polar surface area (TPSA) is 56.2 Å². The summed E-state index contributed by atoms with van der Waals surface area (Å²) in [5, 5.41) is 4.22. The molecular formula is C11H9BrN4S. The van der Waals surface area contributed by atoms with Gasteiger partial charge in [-0.1, -0.05) is 45.5 Å². The predicted molar refractivity (Wildman–Crippen MR) is 73.1 cm³/mol. The van der Waals surface area contributed by atoms with Crippen molar-refractivity contribution in [1.82, 2.24) is 14.6 Å². The number of benzene rings is 1. The first kappa shape index (κ1) is 10.7. The van der Waals surface area contributed by atoms with Gasteiger partial charge in [0, 0.05) is 14.9 Å². The minimum atomic E-state index is 0.310. The Morgan fingerprint density at radius 1 is 1.35 bits per heavy atom. The summed E-state index contributed by atoms with van der Waals surface area (Å²) in [5.74, 6) is 0.310. The molecule has 17 heavy (non-hydrogen) atoms. The lowest BCUT2D eigenvalue weighted by Crippen LogP contribution is -1.93. The standard InChI is InChI=1S/C11H9BrN4S/c1-6-9(7-4-2-3-5-8(7)12)16-11(17-6)14-10(13)15-16/h2-5H,1H3,(H2,13,15). The second-order valence-corrected chi connectivity index (χ2v) is 5.69. The van der Waals surface area contributed by atoms with Gasteiger partial charge in [-0.25, -0.2) is 4.52 Å². The van der Waals surface area contributed by atoms with E-state index in [9.17, 15) is 0 Å². The Morgan fingerprint density at radius 3 is 2.88 bits per heavy atom. The van der Waals surface area contributed by atoms with Crippen molar-refractivity contribution < 1.29 is 0 Å². The molecule has 0 spiro atoms. The first-order chi connectivity index (χ1) is 8.16. The Balaban J connectivity index is 2.36. The number of hydrogen-bond acceptors (Lipinski definition) is 4. The van der Waals surface area contributed by atoms with Gasteiger partial charge in [0.25, 0.3) is 0 Å². The van der Waals surface area contributed by atoms with Crippen molar-refractivity contribution in [3.8, 4) is 11.3 Å². The van der Waals surface area contributed by atoms with Crippen molar-refractivity contribution in [3.05, 3.63) is 33.6 Å². The minimum absolute atomic E-state index is 0.310. The normalized spacial score (nSPS) is 11.2. The number of fused-ring (bicyclic) bond motifs is 1. The molecular weight excluding hydrogens is 300 g/mol. The molecule has 86 valence electrons. The number of nitrogen functional groups attached to an aromatic ring is 1. The highest BCUT2D eigenvalue weighted by atomic mass is 79.9. The molecule has 2 aromatic heterocycles. The smallest absolute Gasteiger partial charge is 0.241 e. The van der Waals surface area contributed by atoms with Crippen molar-refractivity contribution in [2.24, 2.45) is 0 Å². The number of thiazole rings is 1. The molecule has 0 aliphatic heterocycles. The highest BCUT2D eigenvalue weighted by Gasteiger charge is 2.15. The zero-order chi connectivity index (χ0) is 12.0. The van der Waals surface area contributed by atoms with Gasteiger partial charge >= 0.3 is 0 Å². The fraction of sp³-hybridized carbons (Fsp3) is 0.0909. The zero-order valence-electron chi connectivity index (χ0n) is 9.01. The molecule has 0 aliphatic carbocycles. The van der Waals surface area contributed by atoms with Gasteiger partial charge in [-0.05, 0) is 13.0 Å². The Morgan fingerprint density at radius 2 is 2.12 bits per heavy atom. The third kappa shape index (κ3) is 1.64. The molecule has 0 unspecified atom stereocenters. The summed E-state index contributed by atoms with van der Waals surface area (Å²) in [6.07, 6.45) is 0. The molecule has 3 rings (SSSR count). The first-order valence-corrected chi connectivity index (χ1v) is 6.64. The monoisotopic (exact) mass is 308 g/mol. The molecule has 0 atom stereocenters. The molecule has 0 fully saturated rings. The maximum atomic E-state index is 5.62. The molecule has 3 aromatic rings. The number of nitrogens with zero attached hydrogens (tertiary/aromatic N) is 3. The summed E-state index contributed by atoms with van der Waals surface area (Å²) in [4.78, 5) is 6.18. The SMILES string of the molecule is Cc1sc2nc(N)nn2c1-c1ccccc1Br. The van der Waals surface area contributed by atoms with Gasteiger partial charge < -0.3 is 5.73 Å². The summed E-state index contributed by atoms with van der Waals surface area (Å²) in [5.41, 5.74) is 7.76. The lowest BCUT2D eigenvalue weighted by Gasteiger charge is -2.03. The van der Waals surface area contributed by atoms with Crippen LogP contribution >= 0.6 is 27.3 Å². The highest BCUT2D eigenvalue weighted by Crippen LogP contribution is 2.34. The first-order valence-electron chi connectivity index (χ1n) is 5.03. The molecule has 0 bridgehead atoms. The molecule has 0 saturated heterocycles. The molecule has 0 radical (unpaired) electrons. The van der Waals surface area contributed by atoms with Crippen LogP contribution in [0.4, 0.5) is 5.95 Å². The summed E-state index contributed by atoms with van der Waals surface area (Å²) in [6.45, 7) is 2.06. The number of hydrogen-bond donors (Lipinski definition) is 1. The Bertz CT molecular complexity index is 701. The van der Waals surface area contributed by atoms with Gasteiger partial charge in [0.15, 0.2) is 0 Å². The number of nitrogens with two attached hydrogens (primary N) is 1.